The lowest BCUT2D eigenvalue weighted by atomic mass is 9.94. The fraction of sp³-hybridized carbons (Fsp3) is 0.407. The summed E-state index contributed by atoms with van der Waals surface area (Å²) in [4.78, 5) is 24.3. The van der Waals surface area contributed by atoms with Gasteiger partial charge in [-0.05, 0) is 67.5 Å². The molecule has 3 rings (SSSR count). The Balaban J connectivity index is 1.67. The maximum atomic E-state index is 13.2. The van der Waals surface area contributed by atoms with Crippen LogP contribution in [0, 0.1) is 5.92 Å². The van der Waals surface area contributed by atoms with Crippen LogP contribution < -0.4 is 0 Å². The van der Waals surface area contributed by atoms with Crippen LogP contribution in [0.3, 0.4) is 0 Å². The van der Waals surface area contributed by atoms with Crippen LogP contribution in [0.25, 0.3) is 10.9 Å². The molecule has 1 aromatic heterocycles. The molecule has 0 fully saturated rings. The maximum Gasteiger partial charge on any atom is 0.303 e. The lowest BCUT2D eigenvalue weighted by Gasteiger charge is -2.11. The molecule has 3 aromatic rings. The molecule has 176 valence electrons. The zero-order valence-corrected chi connectivity index (χ0v) is 20.1. The number of carbonyl (C=O) groups is 2. The van der Waals surface area contributed by atoms with E-state index in [0.29, 0.717) is 10.6 Å². The number of hydrogen-bond donors (Lipinski definition) is 2. The van der Waals surface area contributed by atoms with E-state index in [-0.39, 0.29) is 30.3 Å². The predicted molar refractivity (Wildman–Crippen MR) is 132 cm³/mol. The summed E-state index contributed by atoms with van der Waals surface area (Å²) in [7, 11) is 1.98. The molecule has 0 amide bonds. The third-order valence-electron chi connectivity index (χ3n) is 6.18. The molecule has 0 unspecified atom stereocenters. The number of aliphatic carboxylic acids is 1. The van der Waals surface area contributed by atoms with Crippen molar-refractivity contribution in [2.45, 2.75) is 58.3 Å². The number of aryl methyl sites for hydroxylation is 2. The molecule has 2 aromatic carbocycles. The van der Waals surface area contributed by atoms with Crippen molar-refractivity contribution in [2.24, 2.45) is 13.0 Å². The summed E-state index contributed by atoms with van der Waals surface area (Å²) in [6.07, 6.45) is 6.16. The Morgan fingerprint density at radius 1 is 0.970 bits per heavy atom. The average molecular weight is 470 g/mol. The zero-order valence-electron chi connectivity index (χ0n) is 19.3. The van der Waals surface area contributed by atoms with Gasteiger partial charge in [0.2, 0.25) is 0 Å². The second-order valence-corrected chi connectivity index (χ2v) is 9.39. The molecule has 6 heteroatoms. The van der Waals surface area contributed by atoms with E-state index in [1.165, 1.54) is 5.56 Å². The standard InChI is InChI=1S/C27H32ClNO4/c1-18(16-26(32)33)15-25(31)27-22-17-20(28)11-14-23(22)29(2)24(27)8-6-4-3-5-7-19-9-12-21(30)13-10-19/h9-14,17-18,30H,3-8,15-16H2,1-2H3,(H,32,33)/t18-/m0/s1. The number of hydrogen-bond acceptors (Lipinski definition) is 3. The van der Waals surface area contributed by atoms with E-state index < -0.39 is 5.97 Å². The van der Waals surface area contributed by atoms with Gasteiger partial charge in [0.15, 0.2) is 5.78 Å². The molecule has 0 aliphatic carbocycles. The summed E-state index contributed by atoms with van der Waals surface area (Å²) in [5.74, 6) is -0.836. The Labute approximate surface area is 200 Å². The van der Waals surface area contributed by atoms with Gasteiger partial charge in [-0.1, -0.05) is 43.5 Å². The Morgan fingerprint density at radius 3 is 2.30 bits per heavy atom. The lowest BCUT2D eigenvalue weighted by Crippen LogP contribution is -2.12. The first-order valence-corrected chi connectivity index (χ1v) is 11.9. The molecule has 0 aliphatic heterocycles. The number of fused-ring (bicyclic) bond motifs is 1. The predicted octanol–water partition coefficient (Wildman–Crippen LogP) is 6.57. The Hall–Kier alpha value is -2.79. The normalized spacial score (nSPS) is 12.2. The summed E-state index contributed by atoms with van der Waals surface area (Å²) < 4.78 is 2.08. The van der Waals surface area contributed by atoms with Crippen LogP contribution in [0.15, 0.2) is 42.5 Å². The summed E-state index contributed by atoms with van der Waals surface area (Å²) >= 11 is 6.24. The first kappa shape index (κ1) is 24.8. The van der Waals surface area contributed by atoms with Crippen LogP contribution in [0.4, 0.5) is 0 Å². The lowest BCUT2D eigenvalue weighted by molar-refractivity contribution is -0.137. The van der Waals surface area contributed by atoms with Crippen LogP contribution in [-0.2, 0) is 24.7 Å². The van der Waals surface area contributed by atoms with E-state index in [0.717, 1.165) is 55.1 Å². The molecule has 0 saturated carbocycles. The van der Waals surface area contributed by atoms with E-state index >= 15 is 0 Å². The monoisotopic (exact) mass is 469 g/mol. The number of carboxylic acid groups (broad SMARTS) is 1. The molecule has 0 saturated heterocycles. The molecule has 2 N–H and O–H groups in total. The number of benzene rings is 2. The minimum atomic E-state index is -0.885. The molecule has 1 atom stereocenters. The number of phenolic OH excluding ortho intramolecular Hbond substituents is 1. The zero-order chi connectivity index (χ0) is 24.0. The van der Waals surface area contributed by atoms with Crippen LogP contribution in [0.5, 0.6) is 5.75 Å². The number of Topliss-reactive ketones (excluding diaryl/α,β-unsaturated/α-hetero) is 1. The van der Waals surface area contributed by atoms with E-state index in [2.05, 4.69) is 4.57 Å². The van der Waals surface area contributed by atoms with Crippen molar-refractivity contribution in [2.75, 3.05) is 0 Å². The largest absolute Gasteiger partial charge is 0.508 e. The van der Waals surface area contributed by atoms with Crippen molar-refractivity contribution >= 4 is 34.3 Å². The van der Waals surface area contributed by atoms with Crippen LogP contribution in [0.2, 0.25) is 5.02 Å². The smallest absolute Gasteiger partial charge is 0.303 e. The number of ketones is 1. The number of phenols is 1. The number of aromatic hydroxyl groups is 1. The Kier molecular flexibility index (Phi) is 8.56. The minimum Gasteiger partial charge on any atom is -0.508 e. The van der Waals surface area contributed by atoms with E-state index in [1.807, 2.05) is 37.4 Å². The van der Waals surface area contributed by atoms with Crippen LogP contribution >= 0.6 is 11.6 Å². The van der Waals surface area contributed by atoms with E-state index in [4.69, 9.17) is 16.7 Å². The van der Waals surface area contributed by atoms with Crippen molar-refractivity contribution in [3.05, 3.63) is 64.3 Å². The van der Waals surface area contributed by atoms with Gasteiger partial charge in [0.1, 0.15) is 5.75 Å². The van der Waals surface area contributed by atoms with Crippen molar-refractivity contribution in [3.63, 3.8) is 0 Å². The fourth-order valence-corrected chi connectivity index (χ4v) is 4.67. The fourth-order valence-electron chi connectivity index (χ4n) is 4.50. The molecule has 0 radical (unpaired) electrons. The highest BCUT2D eigenvalue weighted by atomic mass is 35.5. The molecule has 0 aliphatic rings. The molecule has 0 bridgehead atoms. The molecule has 0 spiro atoms. The molecule has 1 heterocycles. The number of rotatable bonds is 12. The summed E-state index contributed by atoms with van der Waals surface area (Å²) in [6, 6.07) is 13.0. The number of carbonyl (C=O) groups excluding carboxylic acids is 1. The van der Waals surface area contributed by atoms with Crippen molar-refractivity contribution in [3.8, 4) is 5.75 Å². The molecular weight excluding hydrogens is 438 g/mol. The Bertz CT molecular complexity index is 1120. The van der Waals surface area contributed by atoms with Gasteiger partial charge in [-0.2, -0.15) is 0 Å². The van der Waals surface area contributed by atoms with Gasteiger partial charge in [0, 0.05) is 47.1 Å². The highest BCUT2D eigenvalue weighted by Gasteiger charge is 2.23. The number of aromatic nitrogens is 1. The van der Waals surface area contributed by atoms with Crippen molar-refractivity contribution in [1.29, 1.82) is 0 Å². The average Bonchev–Trinajstić information content (AvgIpc) is 3.02. The first-order valence-electron chi connectivity index (χ1n) is 11.6. The summed E-state index contributed by atoms with van der Waals surface area (Å²) in [6.45, 7) is 1.80. The highest BCUT2D eigenvalue weighted by molar-refractivity contribution is 6.31. The summed E-state index contributed by atoms with van der Waals surface area (Å²) in [5, 5.41) is 19.9. The van der Waals surface area contributed by atoms with Crippen molar-refractivity contribution < 1.29 is 19.8 Å². The van der Waals surface area contributed by atoms with Gasteiger partial charge in [-0.15, -0.1) is 0 Å². The van der Waals surface area contributed by atoms with Gasteiger partial charge in [-0.3, -0.25) is 9.59 Å². The Morgan fingerprint density at radius 2 is 1.64 bits per heavy atom. The SMILES string of the molecule is C[C@H](CC(=O)O)CC(=O)c1c(CCCCCCc2ccc(O)cc2)n(C)c2ccc(Cl)cc12. The second kappa shape index (κ2) is 11.4. The maximum absolute atomic E-state index is 13.2. The van der Waals surface area contributed by atoms with Gasteiger partial charge in [0.05, 0.1) is 0 Å². The van der Waals surface area contributed by atoms with Crippen LogP contribution in [0.1, 0.15) is 67.1 Å². The van der Waals surface area contributed by atoms with Gasteiger partial charge in [-0.25, -0.2) is 0 Å². The topological polar surface area (TPSA) is 79.5 Å². The second-order valence-electron chi connectivity index (χ2n) is 8.95. The van der Waals surface area contributed by atoms with Gasteiger partial charge < -0.3 is 14.8 Å². The van der Waals surface area contributed by atoms with E-state index in [9.17, 15) is 14.7 Å². The third-order valence-corrected chi connectivity index (χ3v) is 6.42. The first-order chi connectivity index (χ1) is 15.8. The van der Waals surface area contributed by atoms with Crippen LogP contribution in [-0.4, -0.2) is 26.5 Å². The molecular formula is C27H32ClNO4. The summed E-state index contributed by atoms with van der Waals surface area (Å²) in [5.41, 5.74) is 3.88. The molecule has 5 nitrogen and oxygen atoms in total. The molecule has 33 heavy (non-hydrogen) atoms. The number of unbranched alkanes of at least 4 members (excludes halogenated alkanes) is 3. The van der Waals surface area contributed by atoms with E-state index in [1.54, 1.807) is 19.1 Å². The number of halogens is 1. The number of nitrogens with zero attached hydrogens (tertiary/aromatic N) is 1. The minimum absolute atomic E-state index is 0.0149. The number of carboxylic acids is 1. The quantitative estimate of drug-likeness (QED) is 0.232. The van der Waals surface area contributed by atoms with Gasteiger partial charge in [0.25, 0.3) is 0 Å². The van der Waals surface area contributed by atoms with Gasteiger partial charge >= 0.3 is 5.97 Å². The third kappa shape index (κ3) is 6.61. The van der Waals surface area contributed by atoms with Crippen molar-refractivity contribution in [1.82, 2.24) is 4.57 Å². The highest BCUT2D eigenvalue weighted by Crippen LogP contribution is 2.31.